The Morgan fingerprint density at radius 1 is 1.13 bits per heavy atom. The number of hydrogen-bond acceptors (Lipinski definition) is 5. The van der Waals surface area contributed by atoms with Crippen molar-refractivity contribution >= 4 is 5.91 Å². The number of carbonyl (C=O) groups is 1. The van der Waals surface area contributed by atoms with Crippen LogP contribution in [-0.4, -0.2) is 38.3 Å². The maximum atomic E-state index is 14.1. The van der Waals surface area contributed by atoms with Crippen LogP contribution in [0.2, 0.25) is 0 Å². The summed E-state index contributed by atoms with van der Waals surface area (Å²) in [5.41, 5.74) is 2.66. The maximum absolute atomic E-state index is 14.1. The summed E-state index contributed by atoms with van der Waals surface area (Å²) in [6, 6.07) is 13.5. The van der Waals surface area contributed by atoms with E-state index in [4.69, 9.17) is 4.74 Å². The molecule has 4 aromatic rings. The van der Waals surface area contributed by atoms with E-state index in [2.05, 4.69) is 20.4 Å². The predicted octanol–water partition coefficient (Wildman–Crippen LogP) is 3.20. The van der Waals surface area contributed by atoms with Gasteiger partial charge >= 0.3 is 0 Å². The van der Waals surface area contributed by atoms with Crippen molar-refractivity contribution in [3.8, 4) is 22.8 Å². The minimum Gasteiger partial charge on any atom is -0.487 e. The Balaban J connectivity index is 1.26. The molecule has 0 spiro atoms. The Morgan fingerprint density at radius 2 is 1.94 bits per heavy atom. The normalized spacial score (nSPS) is 14.7. The Kier molecular flexibility index (Phi) is 4.87. The zero-order chi connectivity index (χ0) is 21.2. The van der Waals surface area contributed by atoms with Gasteiger partial charge in [0.25, 0.3) is 5.91 Å². The van der Waals surface area contributed by atoms with E-state index in [0.717, 1.165) is 11.3 Å². The number of fused-ring (bicyclic) bond motifs is 1. The van der Waals surface area contributed by atoms with E-state index in [-0.39, 0.29) is 17.8 Å². The molecule has 0 aliphatic carbocycles. The van der Waals surface area contributed by atoms with Gasteiger partial charge in [0.05, 0.1) is 17.8 Å². The third kappa shape index (κ3) is 3.87. The number of aromatic nitrogens is 4. The summed E-state index contributed by atoms with van der Waals surface area (Å²) < 4.78 is 21.9. The van der Waals surface area contributed by atoms with Crippen molar-refractivity contribution in [3.05, 3.63) is 90.3 Å². The van der Waals surface area contributed by atoms with Gasteiger partial charge < -0.3 is 10.1 Å². The second-order valence-corrected chi connectivity index (χ2v) is 7.17. The lowest BCUT2D eigenvalue weighted by Gasteiger charge is -2.13. The van der Waals surface area contributed by atoms with Crippen LogP contribution in [0.3, 0.4) is 0 Å². The number of halogens is 1. The zero-order valence-electron chi connectivity index (χ0n) is 16.4. The highest BCUT2D eigenvalue weighted by molar-refractivity contribution is 5.94. The van der Waals surface area contributed by atoms with Gasteiger partial charge in [0.1, 0.15) is 17.7 Å². The van der Waals surface area contributed by atoms with E-state index in [1.165, 1.54) is 12.1 Å². The van der Waals surface area contributed by atoms with Crippen LogP contribution in [0.4, 0.5) is 4.39 Å². The Morgan fingerprint density at radius 3 is 2.68 bits per heavy atom. The lowest BCUT2D eigenvalue weighted by Crippen LogP contribution is -2.34. The summed E-state index contributed by atoms with van der Waals surface area (Å²) in [7, 11) is 0. The van der Waals surface area contributed by atoms with E-state index < -0.39 is 0 Å². The van der Waals surface area contributed by atoms with Crippen LogP contribution in [0, 0.1) is 5.82 Å². The molecule has 5 rings (SSSR count). The lowest BCUT2D eigenvalue weighted by molar-refractivity contribution is 0.0933. The van der Waals surface area contributed by atoms with Crippen LogP contribution in [0.1, 0.15) is 15.9 Å². The number of hydrogen-bond donors (Lipinski definition) is 1. The quantitative estimate of drug-likeness (QED) is 0.541. The molecule has 1 atom stereocenters. The fourth-order valence-electron chi connectivity index (χ4n) is 3.61. The van der Waals surface area contributed by atoms with E-state index in [1.54, 1.807) is 41.5 Å². The van der Waals surface area contributed by atoms with E-state index in [0.29, 0.717) is 35.7 Å². The highest BCUT2D eigenvalue weighted by atomic mass is 19.1. The molecular weight excluding hydrogens is 397 g/mol. The molecule has 1 aliphatic heterocycles. The second-order valence-electron chi connectivity index (χ2n) is 7.17. The van der Waals surface area contributed by atoms with Gasteiger partial charge in [-0.15, -0.1) is 0 Å². The minimum absolute atomic E-state index is 0.204. The zero-order valence-corrected chi connectivity index (χ0v) is 16.4. The fraction of sp³-hybridized carbons (Fsp3) is 0.130. The molecule has 154 valence electrons. The van der Waals surface area contributed by atoms with Crippen LogP contribution < -0.4 is 10.1 Å². The molecule has 0 fully saturated rings. The Labute approximate surface area is 177 Å². The van der Waals surface area contributed by atoms with Gasteiger partial charge in [-0.25, -0.2) is 19.0 Å². The SMILES string of the molecule is O=C(NCC1Cc2cc(F)cc(-c3ncccn3)c2O1)c1ccc(-n2cccn2)cc1. The molecule has 2 aromatic carbocycles. The molecule has 1 amide bonds. The summed E-state index contributed by atoms with van der Waals surface area (Å²) >= 11 is 0. The molecule has 0 saturated carbocycles. The van der Waals surface area contributed by atoms with Gasteiger partial charge in [-0.1, -0.05) is 0 Å². The maximum Gasteiger partial charge on any atom is 0.251 e. The van der Waals surface area contributed by atoms with Gasteiger partial charge in [-0.3, -0.25) is 4.79 Å². The van der Waals surface area contributed by atoms with Crippen molar-refractivity contribution in [3.63, 3.8) is 0 Å². The summed E-state index contributed by atoms with van der Waals surface area (Å²) in [5, 5.41) is 7.06. The average molecular weight is 415 g/mol. The van der Waals surface area contributed by atoms with Crippen molar-refractivity contribution in [2.45, 2.75) is 12.5 Å². The number of rotatable bonds is 5. The van der Waals surface area contributed by atoms with Crippen molar-refractivity contribution in [2.75, 3.05) is 6.54 Å². The van der Waals surface area contributed by atoms with Crippen LogP contribution in [0.25, 0.3) is 17.1 Å². The number of nitrogens with one attached hydrogen (secondary N) is 1. The standard InChI is InChI=1S/C23H18FN5O2/c24-17-11-16-12-19(31-21(16)20(13-17)22-25-7-1-8-26-22)14-27-23(30)15-3-5-18(6-4-15)29-10-2-9-28-29/h1-11,13,19H,12,14H2,(H,27,30). The molecular formula is C23H18FN5O2. The monoisotopic (exact) mass is 415 g/mol. The molecule has 1 unspecified atom stereocenters. The van der Waals surface area contributed by atoms with E-state index >= 15 is 0 Å². The van der Waals surface area contributed by atoms with Crippen LogP contribution in [0.5, 0.6) is 5.75 Å². The molecule has 3 heterocycles. The first-order valence-corrected chi connectivity index (χ1v) is 9.82. The highest BCUT2D eigenvalue weighted by Gasteiger charge is 2.28. The smallest absolute Gasteiger partial charge is 0.251 e. The number of ether oxygens (including phenoxy) is 1. The van der Waals surface area contributed by atoms with Crippen LogP contribution in [-0.2, 0) is 6.42 Å². The number of nitrogens with zero attached hydrogens (tertiary/aromatic N) is 4. The lowest BCUT2D eigenvalue weighted by atomic mass is 10.1. The third-order valence-corrected chi connectivity index (χ3v) is 5.06. The van der Waals surface area contributed by atoms with Crippen molar-refractivity contribution < 1.29 is 13.9 Å². The summed E-state index contributed by atoms with van der Waals surface area (Å²) in [6.07, 6.45) is 6.93. The molecule has 8 heteroatoms. The van der Waals surface area contributed by atoms with Crippen molar-refractivity contribution in [2.24, 2.45) is 0 Å². The topological polar surface area (TPSA) is 81.9 Å². The number of amides is 1. The van der Waals surface area contributed by atoms with Gasteiger partial charge in [0.2, 0.25) is 0 Å². The van der Waals surface area contributed by atoms with Crippen LogP contribution in [0.15, 0.2) is 73.3 Å². The molecule has 1 N–H and O–H groups in total. The molecule has 2 aromatic heterocycles. The first-order valence-electron chi connectivity index (χ1n) is 9.82. The Bertz CT molecular complexity index is 1210. The summed E-state index contributed by atoms with van der Waals surface area (Å²) in [4.78, 5) is 20.9. The highest BCUT2D eigenvalue weighted by Crippen LogP contribution is 2.38. The van der Waals surface area contributed by atoms with Gasteiger partial charge in [0.15, 0.2) is 5.82 Å². The minimum atomic E-state index is -0.369. The number of benzene rings is 2. The first-order chi connectivity index (χ1) is 15.2. The number of carbonyl (C=O) groups excluding carboxylic acids is 1. The molecule has 0 radical (unpaired) electrons. The first kappa shape index (κ1) is 18.9. The largest absolute Gasteiger partial charge is 0.487 e. The molecule has 1 aliphatic rings. The average Bonchev–Trinajstić information content (AvgIpc) is 3.48. The Hall–Kier alpha value is -4.07. The molecule has 31 heavy (non-hydrogen) atoms. The third-order valence-electron chi connectivity index (χ3n) is 5.06. The van der Waals surface area contributed by atoms with Crippen molar-refractivity contribution in [1.82, 2.24) is 25.1 Å². The predicted molar refractivity (Wildman–Crippen MR) is 111 cm³/mol. The molecule has 0 saturated heterocycles. The van der Waals surface area contributed by atoms with E-state index in [9.17, 15) is 9.18 Å². The molecule has 0 bridgehead atoms. The summed E-state index contributed by atoms with van der Waals surface area (Å²) in [5.74, 6) is 0.395. The summed E-state index contributed by atoms with van der Waals surface area (Å²) in [6.45, 7) is 0.297. The molecule has 7 nitrogen and oxygen atoms in total. The van der Waals surface area contributed by atoms with E-state index in [1.807, 2.05) is 24.4 Å². The second kappa shape index (κ2) is 7.98. The van der Waals surface area contributed by atoms with Gasteiger partial charge in [-0.2, -0.15) is 5.10 Å². The van der Waals surface area contributed by atoms with Crippen molar-refractivity contribution in [1.29, 1.82) is 0 Å². The van der Waals surface area contributed by atoms with Gasteiger partial charge in [-0.05, 0) is 48.5 Å². The fourth-order valence-corrected chi connectivity index (χ4v) is 3.61. The van der Waals surface area contributed by atoms with Crippen LogP contribution >= 0.6 is 0 Å². The van der Waals surface area contributed by atoms with Gasteiger partial charge in [0, 0.05) is 42.3 Å².